The SMILES string of the molecule is CCCCCCCCCCCCC(=O)OC[C@H](COP(=O)(O)OC[C@@H](O)COP(=O)(O)OC[C@@H](COC(=O)CCCCCCC)OC(=O)CCCCCCCCC(C)C)OC(=O)CCCCCCCCCCCCCCCCCC(C)C. The molecule has 0 radical (unpaired) electrons. The Bertz CT molecular complexity index is 1620. The van der Waals surface area contributed by atoms with Gasteiger partial charge in [0.25, 0.3) is 0 Å². The number of aliphatic hydroxyl groups is 1. The van der Waals surface area contributed by atoms with Gasteiger partial charge in [-0.25, -0.2) is 9.13 Å². The van der Waals surface area contributed by atoms with Crippen LogP contribution in [-0.4, -0.2) is 96.7 Å². The average Bonchev–Trinajstić information content (AvgIpc) is 3.46. The maximum atomic E-state index is 13.0. The van der Waals surface area contributed by atoms with Crippen molar-refractivity contribution < 1.29 is 80.2 Å². The standard InChI is InChI=1S/C63H122O17P2/c1-7-9-11-13-14-15-24-27-34-40-46-61(66)74-52-59(79-62(67)47-41-35-28-25-22-20-18-16-17-19-21-23-26-32-37-43-55(3)4)54-78-82(71,72)76-50-57(64)49-75-81(69,70)77-53-58(51-73-60(65)45-39-31-12-10-8-2)80-63(68)48-42-36-30-29-33-38-44-56(5)6/h55-59,64H,7-54H2,1-6H3,(H,69,70)(H,71,72)/t57-,58+,59+/m0/s1. The van der Waals surface area contributed by atoms with E-state index in [1.807, 2.05) is 0 Å². The highest BCUT2D eigenvalue weighted by Gasteiger charge is 2.30. The third-order valence-electron chi connectivity index (χ3n) is 14.5. The molecule has 0 aliphatic rings. The van der Waals surface area contributed by atoms with Crippen LogP contribution in [0.25, 0.3) is 0 Å². The maximum Gasteiger partial charge on any atom is 0.472 e. The second-order valence-corrected chi connectivity index (χ2v) is 26.7. The van der Waals surface area contributed by atoms with Gasteiger partial charge in [-0.15, -0.1) is 0 Å². The Morgan fingerprint density at radius 1 is 0.329 bits per heavy atom. The fourth-order valence-electron chi connectivity index (χ4n) is 9.35. The minimum atomic E-state index is -4.94. The molecular weight excluding hydrogens is 1090 g/mol. The molecule has 0 amide bonds. The Balaban J connectivity index is 5.12. The third kappa shape index (κ3) is 57.2. The third-order valence-corrected chi connectivity index (χ3v) is 16.4. The van der Waals surface area contributed by atoms with Gasteiger partial charge in [-0.3, -0.25) is 37.3 Å². The smallest absolute Gasteiger partial charge is 0.462 e. The van der Waals surface area contributed by atoms with Gasteiger partial charge >= 0.3 is 39.5 Å². The van der Waals surface area contributed by atoms with Gasteiger partial charge in [-0.05, 0) is 37.5 Å². The summed E-state index contributed by atoms with van der Waals surface area (Å²) in [6.45, 7) is 9.32. The van der Waals surface area contributed by atoms with E-state index in [9.17, 15) is 43.2 Å². The van der Waals surface area contributed by atoms with Gasteiger partial charge in [0.15, 0.2) is 12.2 Å². The van der Waals surface area contributed by atoms with Gasteiger partial charge in [0.1, 0.15) is 19.3 Å². The van der Waals surface area contributed by atoms with E-state index in [4.69, 9.17) is 37.0 Å². The first-order valence-electron chi connectivity index (χ1n) is 33.0. The van der Waals surface area contributed by atoms with Gasteiger partial charge < -0.3 is 33.8 Å². The fraction of sp³-hybridized carbons (Fsp3) is 0.937. The lowest BCUT2D eigenvalue weighted by Gasteiger charge is -2.21. The van der Waals surface area contributed by atoms with E-state index in [1.165, 1.54) is 122 Å². The predicted molar refractivity (Wildman–Crippen MR) is 326 cm³/mol. The molecule has 0 rings (SSSR count). The van der Waals surface area contributed by atoms with E-state index < -0.39 is 97.5 Å². The van der Waals surface area contributed by atoms with Gasteiger partial charge in [0, 0.05) is 25.7 Å². The molecule has 0 aromatic carbocycles. The molecule has 3 N–H and O–H groups in total. The highest BCUT2D eigenvalue weighted by Crippen LogP contribution is 2.45. The highest BCUT2D eigenvalue weighted by molar-refractivity contribution is 7.47. The van der Waals surface area contributed by atoms with Crippen molar-refractivity contribution in [3.8, 4) is 0 Å². The zero-order valence-electron chi connectivity index (χ0n) is 52.8. The summed E-state index contributed by atoms with van der Waals surface area (Å²) in [5, 5.41) is 10.5. The molecule has 0 fully saturated rings. The quantitative estimate of drug-likeness (QED) is 0.0222. The summed E-state index contributed by atoms with van der Waals surface area (Å²) in [4.78, 5) is 71.8. The van der Waals surface area contributed by atoms with Crippen LogP contribution in [-0.2, 0) is 65.4 Å². The fourth-order valence-corrected chi connectivity index (χ4v) is 10.9. The molecule has 0 bridgehead atoms. The number of hydrogen-bond acceptors (Lipinski definition) is 15. The van der Waals surface area contributed by atoms with E-state index >= 15 is 0 Å². The first kappa shape index (κ1) is 80.1. The summed E-state index contributed by atoms with van der Waals surface area (Å²) in [5.74, 6) is -0.678. The second kappa shape index (κ2) is 55.6. The van der Waals surface area contributed by atoms with Crippen molar-refractivity contribution >= 4 is 39.5 Å². The number of ether oxygens (including phenoxy) is 4. The molecule has 0 saturated heterocycles. The van der Waals surface area contributed by atoms with Crippen LogP contribution in [0.2, 0.25) is 0 Å². The summed E-state index contributed by atoms with van der Waals surface area (Å²) >= 11 is 0. The Morgan fingerprint density at radius 2 is 0.561 bits per heavy atom. The number of esters is 4. The van der Waals surface area contributed by atoms with Crippen molar-refractivity contribution in [3.63, 3.8) is 0 Å². The van der Waals surface area contributed by atoms with Crippen molar-refractivity contribution in [2.75, 3.05) is 39.6 Å². The molecule has 0 aromatic rings. The zero-order valence-corrected chi connectivity index (χ0v) is 54.6. The molecule has 486 valence electrons. The zero-order chi connectivity index (χ0) is 60.8. The van der Waals surface area contributed by atoms with Crippen LogP contribution in [0.5, 0.6) is 0 Å². The van der Waals surface area contributed by atoms with E-state index in [-0.39, 0.29) is 25.7 Å². The summed E-state index contributed by atoms with van der Waals surface area (Å²) in [5.41, 5.74) is 0. The summed E-state index contributed by atoms with van der Waals surface area (Å²) in [6.07, 6.45) is 38.1. The highest BCUT2D eigenvalue weighted by atomic mass is 31.2. The molecule has 0 spiro atoms. The van der Waals surface area contributed by atoms with Gasteiger partial charge in [-0.1, -0.05) is 260 Å². The van der Waals surface area contributed by atoms with Crippen molar-refractivity contribution in [3.05, 3.63) is 0 Å². The minimum Gasteiger partial charge on any atom is -0.462 e. The van der Waals surface area contributed by atoms with E-state index in [0.29, 0.717) is 31.6 Å². The molecular formula is C63H122O17P2. The van der Waals surface area contributed by atoms with Crippen LogP contribution in [0.4, 0.5) is 0 Å². The maximum absolute atomic E-state index is 13.0. The Morgan fingerprint density at radius 3 is 0.829 bits per heavy atom. The van der Waals surface area contributed by atoms with E-state index in [0.717, 1.165) is 102 Å². The van der Waals surface area contributed by atoms with Crippen LogP contribution in [0.3, 0.4) is 0 Å². The minimum absolute atomic E-state index is 0.101. The van der Waals surface area contributed by atoms with Gasteiger partial charge in [0.05, 0.1) is 26.4 Å². The van der Waals surface area contributed by atoms with Gasteiger partial charge in [-0.2, -0.15) is 0 Å². The second-order valence-electron chi connectivity index (χ2n) is 23.7. The topological polar surface area (TPSA) is 237 Å². The molecule has 17 nitrogen and oxygen atoms in total. The molecule has 0 aromatic heterocycles. The van der Waals surface area contributed by atoms with Crippen LogP contribution >= 0.6 is 15.6 Å². The number of hydrogen-bond donors (Lipinski definition) is 3. The van der Waals surface area contributed by atoms with Crippen LogP contribution < -0.4 is 0 Å². The van der Waals surface area contributed by atoms with E-state index in [1.54, 1.807) is 0 Å². The molecule has 5 atom stereocenters. The summed E-state index contributed by atoms with van der Waals surface area (Å²) in [7, 11) is -9.87. The summed E-state index contributed by atoms with van der Waals surface area (Å²) < 4.78 is 67.7. The number of unbranched alkanes of at least 4 members (excludes halogenated alkanes) is 32. The molecule has 19 heteroatoms. The van der Waals surface area contributed by atoms with Crippen molar-refractivity contribution in [2.24, 2.45) is 11.8 Å². The first-order valence-corrected chi connectivity index (χ1v) is 36.0. The van der Waals surface area contributed by atoms with Crippen molar-refractivity contribution in [1.29, 1.82) is 0 Å². The Labute approximate surface area is 498 Å². The first-order chi connectivity index (χ1) is 39.4. The van der Waals surface area contributed by atoms with Crippen molar-refractivity contribution in [1.82, 2.24) is 0 Å². The molecule has 2 unspecified atom stereocenters. The van der Waals surface area contributed by atoms with E-state index in [2.05, 4.69) is 41.5 Å². The van der Waals surface area contributed by atoms with Crippen LogP contribution in [0, 0.1) is 11.8 Å². The Hall–Kier alpha value is -1.94. The number of phosphoric acid groups is 2. The van der Waals surface area contributed by atoms with Crippen LogP contribution in [0.15, 0.2) is 0 Å². The number of rotatable bonds is 62. The average molecular weight is 1210 g/mol. The van der Waals surface area contributed by atoms with Crippen molar-refractivity contribution in [2.45, 2.75) is 330 Å². The lowest BCUT2D eigenvalue weighted by molar-refractivity contribution is -0.161. The molecule has 0 heterocycles. The monoisotopic (exact) mass is 1210 g/mol. The molecule has 82 heavy (non-hydrogen) atoms. The lowest BCUT2D eigenvalue weighted by Crippen LogP contribution is -2.30. The molecule has 0 aliphatic carbocycles. The molecule has 0 aliphatic heterocycles. The largest absolute Gasteiger partial charge is 0.472 e. The van der Waals surface area contributed by atoms with Crippen LogP contribution in [0.1, 0.15) is 311 Å². The molecule has 0 saturated carbocycles. The lowest BCUT2D eigenvalue weighted by atomic mass is 10.0. The number of phosphoric ester groups is 2. The number of carbonyl (C=O) groups is 4. The Kier molecular flexibility index (Phi) is 54.3. The number of aliphatic hydroxyl groups excluding tert-OH is 1. The van der Waals surface area contributed by atoms with Gasteiger partial charge in [0.2, 0.25) is 0 Å². The predicted octanol–water partition coefficient (Wildman–Crippen LogP) is 17.3. The number of carbonyl (C=O) groups excluding carboxylic acids is 4. The summed E-state index contributed by atoms with van der Waals surface area (Å²) in [6, 6.07) is 0. The normalized spacial score (nSPS) is 14.3.